The monoisotopic (exact) mass is 250 g/mol. The predicted molar refractivity (Wildman–Crippen MR) is 69.5 cm³/mol. The Kier molecular flexibility index (Phi) is 4.11. The highest BCUT2D eigenvalue weighted by Crippen LogP contribution is 2.15. The number of amides is 1. The lowest BCUT2D eigenvalue weighted by Gasteiger charge is -2.27. The fourth-order valence-electron chi connectivity index (χ4n) is 1.70. The third-order valence-electron chi connectivity index (χ3n) is 2.76. The number of anilines is 2. The number of aromatic nitrogens is 1. The number of carbonyl (C=O) groups is 1. The van der Waals surface area contributed by atoms with Gasteiger partial charge in [-0.1, -0.05) is 0 Å². The molecule has 98 valence electrons. The van der Waals surface area contributed by atoms with Crippen molar-refractivity contribution in [3.8, 4) is 0 Å². The fraction of sp³-hybridized carbons (Fsp3) is 0.500. The number of nitrogens with one attached hydrogen (secondary N) is 1. The molecule has 18 heavy (non-hydrogen) atoms. The van der Waals surface area contributed by atoms with Gasteiger partial charge in [-0.2, -0.15) is 0 Å². The number of hydrogen-bond donors (Lipinski definition) is 2. The Bertz CT molecular complexity index is 399. The number of rotatable bonds is 3. The molecular weight excluding hydrogens is 232 g/mol. The minimum Gasteiger partial charge on any atom is -0.378 e. The summed E-state index contributed by atoms with van der Waals surface area (Å²) in [5.74, 6) is 0.688. The summed E-state index contributed by atoms with van der Waals surface area (Å²) < 4.78 is 5.28. The third-order valence-corrected chi connectivity index (χ3v) is 2.76. The molecule has 1 amide bonds. The highest BCUT2D eigenvalue weighted by atomic mass is 16.5. The van der Waals surface area contributed by atoms with Crippen LogP contribution in [0.4, 0.5) is 11.5 Å². The standard InChI is InChI=1S/C12H18N4O2/c1-9(13)12(17)15-10-2-3-11(14-8-10)16-4-6-18-7-5-16/h2-3,8-9H,4-7,13H2,1H3,(H,15,17). The van der Waals surface area contributed by atoms with Gasteiger partial charge in [-0.05, 0) is 19.1 Å². The molecule has 2 rings (SSSR count). The average Bonchev–Trinajstić information content (AvgIpc) is 2.40. The topological polar surface area (TPSA) is 80.5 Å². The number of nitrogens with zero attached hydrogens (tertiary/aromatic N) is 2. The van der Waals surface area contributed by atoms with Crippen LogP contribution in [0.5, 0.6) is 0 Å². The van der Waals surface area contributed by atoms with Crippen LogP contribution in [0.3, 0.4) is 0 Å². The van der Waals surface area contributed by atoms with Crippen molar-refractivity contribution < 1.29 is 9.53 Å². The van der Waals surface area contributed by atoms with Gasteiger partial charge in [0, 0.05) is 13.1 Å². The van der Waals surface area contributed by atoms with E-state index in [1.807, 2.05) is 12.1 Å². The molecule has 6 heteroatoms. The van der Waals surface area contributed by atoms with Gasteiger partial charge in [-0.25, -0.2) is 4.98 Å². The van der Waals surface area contributed by atoms with Crippen molar-refractivity contribution in [3.63, 3.8) is 0 Å². The first-order valence-corrected chi connectivity index (χ1v) is 6.02. The zero-order chi connectivity index (χ0) is 13.0. The fourth-order valence-corrected chi connectivity index (χ4v) is 1.70. The maximum absolute atomic E-state index is 11.4. The molecular formula is C12H18N4O2. The molecule has 0 aromatic carbocycles. The van der Waals surface area contributed by atoms with Gasteiger partial charge in [0.05, 0.1) is 31.1 Å². The van der Waals surface area contributed by atoms with Crippen LogP contribution in [0, 0.1) is 0 Å². The SMILES string of the molecule is CC(N)C(=O)Nc1ccc(N2CCOCC2)nc1. The van der Waals surface area contributed by atoms with Crippen molar-refractivity contribution in [2.45, 2.75) is 13.0 Å². The first-order valence-electron chi connectivity index (χ1n) is 6.02. The molecule has 0 spiro atoms. The van der Waals surface area contributed by atoms with Crippen LogP contribution in [0.1, 0.15) is 6.92 Å². The van der Waals surface area contributed by atoms with Crippen LogP contribution >= 0.6 is 0 Å². The number of ether oxygens (including phenoxy) is 1. The first kappa shape index (κ1) is 12.8. The maximum atomic E-state index is 11.4. The zero-order valence-corrected chi connectivity index (χ0v) is 10.4. The summed E-state index contributed by atoms with van der Waals surface area (Å²) in [5.41, 5.74) is 6.14. The molecule has 1 aliphatic rings. The molecule has 0 saturated carbocycles. The molecule has 1 aromatic rings. The van der Waals surface area contributed by atoms with E-state index < -0.39 is 6.04 Å². The smallest absolute Gasteiger partial charge is 0.241 e. The Labute approximate surface area is 106 Å². The van der Waals surface area contributed by atoms with Crippen LogP contribution in [-0.4, -0.2) is 43.2 Å². The quantitative estimate of drug-likeness (QED) is 0.801. The Morgan fingerprint density at radius 2 is 2.22 bits per heavy atom. The number of morpholine rings is 1. The van der Waals surface area contributed by atoms with E-state index in [9.17, 15) is 4.79 Å². The largest absolute Gasteiger partial charge is 0.378 e. The summed E-state index contributed by atoms with van der Waals surface area (Å²) in [5, 5.41) is 2.70. The van der Waals surface area contributed by atoms with Gasteiger partial charge in [0.15, 0.2) is 0 Å². The van der Waals surface area contributed by atoms with E-state index in [1.165, 1.54) is 0 Å². The van der Waals surface area contributed by atoms with Crippen molar-refractivity contribution in [3.05, 3.63) is 18.3 Å². The predicted octanol–water partition coefficient (Wildman–Crippen LogP) is 0.204. The Morgan fingerprint density at radius 3 is 2.78 bits per heavy atom. The molecule has 3 N–H and O–H groups in total. The zero-order valence-electron chi connectivity index (χ0n) is 10.4. The third kappa shape index (κ3) is 3.18. The van der Waals surface area contributed by atoms with Gasteiger partial charge >= 0.3 is 0 Å². The second-order valence-electron chi connectivity index (χ2n) is 4.28. The van der Waals surface area contributed by atoms with Crippen molar-refractivity contribution in [2.24, 2.45) is 5.73 Å². The van der Waals surface area contributed by atoms with Crippen molar-refractivity contribution in [1.29, 1.82) is 0 Å². The Balaban J connectivity index is 1.98. The first-order chi connectivity index (χ1) is 8.66. The summed E-state index contributed by atoms with van der Waals surface area (Å²) in [4.78, 5) is 17.9. The molecule has 1 aromatic heterocycles. The lowest BCUT2D eigenvalue weighted by molar-refractivity contribution is -0.117. The van der Waals surface area contributed by atoms with Crippen molar-refractivity contribution in [1.82, 2.24) is 4.98 Å². The van der Waals surface area contributed by atoms with Gasteiger partial charge < -0.3 is 20.7 Å². The minimum absolute atomic E-state index is 0.212. The van der Waals surface area contributed by atoms with Gasteiger partial charge in [-0.3, -0.25) is 4.79 Å². The molecule has 1 saturated heterocycles. The molecule has 1 aliphatic heterocycles. The molecule has 1 fully saturated rings. The Morgan fingerprint density at radius 1 is 1.50 bits per heavy atom. The molecule has 0 bridgehead atoms. The molecule has 6 nitrogen and oxygen atoms in total. The van der Waals surface area contributed by atoms with E-state index in [2.05, 4.69) is 15.2 Å². The molecule has 0 radical (unpaired) electrons. The van der Waals surface area contributed by atoms with E-state index >= 15 is 0 Å². The normalized spacial score (nSPS) is 17.3. The lowest BCUT2D eigenvalue weighted by Crippen LogP contribution is -2.36. The number of hydrogen-bond acceptors (Lipinski definition) is 5. The van der Waals surface area contributed by atoms with E-state index in [0.717, 1.165) is 32.1 Å². The van der Waals surface area contributed by atoms with Crippen LogP contribution in [-0.2, 0) is 9.53 Å². The number of carbonyl (C=O) groups excluding carboxylic acids is 1. The average molecular weight is 250 g/mol. The number of nitrogens with two attached hydrogens (primary N) is 1. The van der Waals surface area contributed by atoms with Gasteiger partial charge in [0.25, 0.3) is 0 Å². The van der Waals surface area contributed by atoms with Crippen LogP contribution in [0.25, 0.3) is 0 Å². The van der Waals surface area contributed by atoms with E-state index in [1.54, 1.807) is 13.1 Å². The van der Waals surface area contributed by atoms with Crippen LogP contribution in [0.15, 0.2) is 18.3 Å². The molecule has 1 unspecified atom stereocenters. The Hall–Kier alpha value is -1.66. The highest BCUT2D eigenvalue weighted by molar-refractivity contribution is 5.94. The second kappa shape index (κ2) is 5.79. The van der Waals surface area contributed by atoms with Crippen molar-refractivity contribution in [2.75, 3.05) is 36.5 Å². The van der Waals surface area contributed by atoms with Crippen LogP contribution < -0.4 is 16.0 Å². The van der Waals surface area contributed by atoms with E-state index in [4.69, 9.17) is 10.5 Å². The van der Waals surface area contributed by atoms with E-state index in [-0.39, 0.29) is 5.91 Å². The molecule has 1 atom stereocenters. The maximum Gasteiger partial charge on any atom is 0.241 e. The summed E-state index contributed by atoms with van der Waals surface area (Å²) >= 11 is 0. The minimum atomic E-state index is -0.524. The van der Waals surface area contributed by atoms with E-state index in [0.29, 0.717) is 5.69 Å². The van der Waals surface area contributed by atoms with Crippen LogP contribution in [0.2, 0.25) is 0 Å². The van der Waals surface area contributed by atoms with Crippen molar-refractivity contribution >= 4 is 17.4 Å². The summed E-state index contributed by atoms with van der Waals surface area (Å²) in [7, 11) is 0. The summed E-state index contributed by atoms with van der Waals surface area (Å²) in [6.07, 6.45) is 1.64. The summed E-state index contributed by atoms with van der Waals surface area (Å²) in [6.45, 7) is 4.79. The summed E-state index contributed by atoms with van der Waals surface area (Å²) in [6, 6.07) is 3.20. The number of pyridine rings is 1. The second-order valence-corrected chi connectivity index (χ2v) is 4.28. The highest BCUT2D eigenvalue weighted by Gasteiger charge is 2.12. The van der Waals surface area contributed by atoms with Gasteiger partial charge in [0.1, 0.15) is 5.82 Å². The van der Waals surface area contributed by atoms with Gasteiger partial charge in [-0.15, -0.1) is 0 Å². The lowest BCUT2D eigenvalue weighted by atomic mass is 10.3. The van der Waals surface area contributed by atoms with Gasteiger partial charge in [0.2, 0.25) is 5.91 Å². The molecule has 0 aliphatic carbocycles. The molecule has 2 heterocycles.